The van der Waals surface area contributed by atoms with Crippen molar-refractivity contribution < 1.29 is 0 Å². The van der Waals surface area contributed by atoms with Gasteiger partial charge in [0, 0.05) is 35.5 Å². The quantitative estimate of drug-likeness (QED) is 0.941. The summed E-state index contributed by atoms with van der Waals surface area (Å²) in [5, 5.41) is 7.61. The number of hydrogen-bond acceptors (Lipinski definition) is 5. The van der Waals surface area contributed by atoms with E-state index >= 15 is 0 Å². The van der Waals surface area contributed by atoms with Gasteiger partial charge >= 0.3 is 0 Å². The first kappa shape index (κ1) is 14.2. The van der Waals surface area contributed by atoms with Gasteiger partial charge in [0.2, 0.25) is 0 Å². The molecule has 108 valence electrons. The molecule has 3 nitrogen and oxygen atoms in total. The van der Waals surface area contributed by atoms with Crippen LogP contribution in [-0.2, 0) is 6.54 Å². The third kappa shape index (κ3) is 3.28. The lowest BCUT2D eigenvalue weighted by Crippen LogP contribution is -2.41. The maximum Gasteiger partial charge on any atom is 0.124 e. The maximum atomic E-state index is 6.05. The fourth-order valence-electron chi connectivity index (χ4n) is 2.79. The van der Waals surface area contributed by atoms with E-state index < -0.39 is 0 Å². The zero-order valence-corrected chi connectivity index (χ0v) is 13.4. The van der Waals surface area contributed by atoms with Crippen LogP contribution < -0.4 is 5.73 Å². The summed E-state index contributed by atoms with van der Waals surface area (Å²) < 4.78 is 0. The summed E-state index contributed by atoms with van der Waals surface area (Å²) in [6, 6.07) is 2.44. The fourth-order valence-corrected chi connectivity index (χ4v) is 4.31. The minimum atomic E-state index is 0.301. The molecule has 5 heteroatoms. The lowest BCUT2D eigenvalue weighted by Gasteiger charge is -2.34. The number of hydrogen-bond donors (Lipinski definition) is 1. The van der Waals surface area contributed by atoms with Crippen molar-refractivity contribution in [2.45, 2.75) is 32.4 Å². The average molecular weight is 307 g/mol. The molecule has 0 bridgehead atoms. The molecule has 1 aliphatic heterocycles. The van der Waals surface area contributed by atoms with Crippen molar-refractivity contribution in [3.8, 4) is 10.6 Å². The zero-order valence-electron chi connectivity index (χ0n) is 11.8. The van der Waals surface area contributed by atoms with E-state index in [1.54, 1.807) is 22.7 Å². The van der Waals surface area contributed by atoms with Gasteiger partial charge in [0.1, 0.15) is 5.01 Å². The number of likely N-dealkylation sites (tertiary alicyclic amines) is 1. The molecule has 1 fully saturated rings. The second-order valence-electron chi connectivity index (χ2n) is 5.65. The topological polar surface area (TPSA) is 42.1 Å². The highest BCUT2D eigenvalue weighted by molar-refractivity contribution is 7.14. The molecule has 0 amide bonds. The minimum absolute atomic E-state index is 0.301. The average Bonchev–Trinajstić information content (AvgIpc) is 3.09. The molecular weight excluding hydrogens is 286 g/mol. The highest BCUT2D eigenvalue weighted by atomic mass is 32.1. The van der Waals surface area contributed by atoms with Gasteiger partial charge in [-0.25, -0.2) is 4.98 Å². The highest BCUT2D eigenvalue weighted by Crippen LogP contribution is 2.27. The van der Waals surface area contributed by atoms with E-state index in [4.69, 9.17) is 10.7 Å². The largest absolute Gasteiger partial charge is 0.328 e. The van der Waals surface area contributed by atoms with E-state index in [-0.39, 0.29) is 0 Å². The number of thiophene rings is 1. The summed E-state index contributed by atoms with van der Waals surface area (Å²) in [7, 11) is 0. The summed E-state index contributed by atoms with van der Waals surface area (Å²) in [6.45, 7) is 5.38. The smallest absolute Gasteiger partial charge is 0.124 e. The number of piperidine rings is 1. The van der Waals surface area contributed by atoms with E-state index in [9.17, 15) is 0 Å². The second kappa shape index (κ2) is 6.35. The lowest BCUT2D eigenvalue weighted by molar-refractivity contribution is 0.153. The van der Waals surface area contributed by atoms with Crippen LogP contribution in [0.15, 0.2) is 22.2 Å². The Morgan fingerprint density at radius 3 is 3.15 bits per heavy atom. The van der Waals surface area contributed by atoms with Gasteiger partial charge in [-0.2, -0.15) is 11.3 Å². The number of thiazole rings is 1. The predicted octanol–water partition coefficient (Wildman–Crippen LogP) is 3.43. The number of nitrogens with two attached hydrogens (primary N) is 1. The zero-order chi connectivity index (χ0) is 13.9. The third-order valence-electron chi connectivity index (χ3n) is 3.99. The number of aromatic nitrogens is 1. The Balaban J connectivity index is 1.63. The second-order valence-corrected chi connectivity index (χ2v) is 7.29. The Morgan fingerprint density at radius 2 is 2.40 bits per heavy atom. The summed E-state index contributed by atoms with van der Waals surface area (Å²) in [5.74, 6) is 0.638. The standard InChI is InChI=1S/C15H21N3S2/c1-11(16)12-3-2-5-18(7-12)8-14-10-20-15(17-14)13-4-6-19-9-13/h4,6,9-12H,2-3,5,7-8,16H2,1H3. The Bertz CT molecular complexity index is 533. The molecule has 0 radical (unpaired) electrons. The van der Waals surface area contributed by atoms with Crippen molar-refractivity contribution in [3.63, 3.8) is 0 Å². The molecule has 2 N–H and O–H groups in total. The number of nitrogens with zero attached hydrogens (tertiary/aromatic N) is 2. The molecule has 0 saturated carbocycles. The number of rotatable bonds is 4. The highest BCUT2D eigenvalue weighted by Gasteiger charge is 2.23. The first-order valence-corrected chi connectivity index (χ1v) is 8.99. The molecule has 2 unspecified atom stereocenters. The van der Waals surface area contributed by atoms with Gasteiger partial charge in [-0.3, -0.25) is 4.90 Å². The van der Waals surface area contributed by atoms with Crippen LogP contribution >= 0.6 is 22.7 Å². The Hall–Kier alpha value is -0.750. The summed E-state index contributed by atoms with van der Waals surface area (Å²) in [5.41, 5.74) is 8.50. The van der Waals surface area contributed by atoms with Gasteiger partial charge in [0.05, 0.1) is 5.69 Å². The molecule has 2 aromatic rings. The van der Waals surface area contributed by atoms with Crippen molar-refractivity contribution in [1.82, 2.24) is 9.88 Å². The Labute approximate surface area is 128 Å². The first-order chi connectivity index (χ1) is 9.72. The molecule has 3 heterocycles. The van der Waals surface area contributed by atoms with Crippen LogP contribution in [0, 0.1) is 5.92 Å². The molecular formula is C15H21N3S2. The monoisotopic (exact) mass is 307 g/mol. The van der Waals surface area contributed by atoms with E-state index in [0.717, 1.165) is 18.1 Å². The van der Waals surface area contributed by atoms with E-state index in [1.165, 1.54) is 30.6 Å². The lowest BCUT2D eigenvalue weighted by atomic mass is 9.92. The molecule has 20 heavy (non-hydrogen) atoms. The molecule has 1 saturated heterocycles. The fraction of sp³-hybridized carbons (Fsp3) is 0.533. The predicted molar refractivity (Wildman–Crippen MR) is 87.1 cm³/mol. The van der Waals surface area contributed by atoms with Crippen molar-refractivity contribution in [3.05, 3.63) is 27.9 Å². The molecule has 3 rings (SSSR count). The van der Waals surface area contributed by atoms with Crippen LogP contribution in [0.1, 0.15) is 25.5 Å². The van der Waals surface area contributed by atoms with E-state index in [0.29, 0.717) is 12.0 Å². The molecule has 0 aliphatic carbocycles. The van der Waals surface area contributed by atoms with Crippen LogP contribution in [0.5, 0.6) is 0 Å². The molecule has 0 spiro atoms. The summed E-state index contributed by atoms with van der Waals surface area (Å²) in [4.78, 5) is 7.27. The van der Waals surface area contributed by atoms with Crippen LogP contribution in [0.3, 0.4) is 0 Å². The van der Waals surface area contributed by atoms with Crippen LogP contribution in [0.4, 0.5) is 0 Å². The normalized spacial score (nSPS) is 22.0. The summed E-state index contributed by atoms with van der Waals surface area (Å²) in [6.07, 6.45) is 2.53. The molecule has 0 aromatic carbocycles. The van der Waals surface area contributed by atoms with Gasteiger partial charge in [0.15, 0.2) is 0 Å². The van der Waals surface area contributed by atoms with E-state index in [2.05, 4.69) is 34.0 Å². The molecule has 1 aliphatic rings. The van der Waals surface area contributed by atoms with Crippen molar-refractivity contribution in [2.24, 2.45) is 11.7 Å². The van der Waals surface area contributed by atoms with Crippen LogP contribution in [-0.4, -0.2) is 29.0 Å². The molecule has 2 aromatic heterocycles. The van der Waals surface area contributed by atoms with Crippen molar-refractivity contribution in [2.75, 3.05) is 13.1 Å². The maximum absolute atomic E-state index is 6.05. The third-order valence-corrected chi connectivity index (χ3v) is 5.61. The first-order valence-electron chi connectivity index (χ1n) is 7.17. The van der Waals surface area contributed by atoms with Crippen molar-refractivity contribution >= 4 is 22.7 Å². The summed E-state index contributed by atoms with van der Waals surface area (Å²) >= 11 is 3.47. The minimum Gasteiger partial charge on any atom is -0.328 e. The van der Waals surface area contributed by atoms with Gasteiger partial charge in [-0.15, -0.1) is 11.3 Å². The molecule has 2 atom stereocenters. The van der Waals surface area contributed by atoms with Gasteiger partial charge in [-0.05, 0) is 43.7 Å². The Morgan fingerprint density at radius 1 is 1.50 bits per heavy atom. The van der Waals surface area contributed by atoms with Gasteiger partial charge < -0.3 is 5.73 Å². The van der Waals surface area contributed by atoms with Gasteiger partial charge in [0.25, 0.3) is 0 Å². The van der Waals surface area contributed by atoms with Gasteiger partial charge in [-0.1, -0.05) is 0 Å². The Kier molecular flexibility index (Phi) is 4.51. The van der Waals surface area contributed by atoms with Crippen molar-refractivity contribution in [1.29, 1.82) is 0 Å². The van der Waals surface area contributed by atoms with Crippen LogP contribution in [0.2, 0.25) is 0 Å². The van der Waals surface area contributed by atoms with Crippen LogP contribution in [0.25, 0.3) is 10.6 Å². The SMILES string of the molecule is CC(N)C1CCCN(Cc2csc(-c3ccsc3)n2)C1. The van der Waals surface area contributed by atoms with E-state index in [1.807, 2.05) is 0 Å².